The second-order valence-electron chi connectivity index (χ2n) is 5.71. The van der Waals surface area contributed by atoms with Crippen molar-refractivity contribution < 1.29 is 28.2 Å². The first kappa shape index (κ1) is 20.2. The number of carbonyl (C=O) groups excluding carboxylic acids is 1. The summed E-state index contributed by atoms with van der Waals surface area (Å²) in [5.41, 5.74) is 1.49. The molecule has 0 heterocycles. The van der Waals surface area contributed by atoms with Crippen LogP contribution < -0.4 is 15.0 Å². The molecular formula is C19H20F2N2O4. The lowest BCUT2D eigenvalue weighted by Crippen LogP contribution is -2.40. The summed E-state index contributed by atoms with van der Waals surface area (Å²) in [4.78, 5) is 24.6. The number of halogens is 2. The molecule has 0 radical (unpaired) electrons. The number of hydrogen-bond acceptors (Lipinski definition) is 4. The topological polar surface area (TPSA) is 78.9 Å². The lowest BCUT2D eigenvalue weighted by Gasteiger charge is -2.22. The van der Waals surface area contributed by atoms with Crippen molar-refractivity contribution in [2.24, 2.45) is 0 Å². The van der Waals surface area contributed by atoms with Crippen molar-refractivity contribution in [3.05, 3.63) is 60.2 Å². The van der Waals surface area contributed by atoms with E-state index in [1.807, 2.05) is 0 Å². The first-order valence-corrected chi connectivity index (χ1v) is 8.26. The molecule has 0 aromatic heterocycles. The average Bonchev–Trinajstić information content (AvgIpc) is 2.62. The lowest BCUT2D eigenvalue weighted by molar-refractivity contribution is -0.135. The van der Waals surface area contributed by atoms with Crippen LogP contribution in [0, 0.1) is 0 Å². The molecule has 27 heavy (non-hydrogen) atoms. The summed E-state index contributed by atoms with van der Waals surface area (Å²) in [7, 11) is 0. The number of rotatable bonds is 10. The second-order valence-corrected chi connectivity index (χ2v) is 5.71. The minimum Gasteiger partial charge on any atom is -0.480 e. The van der Waals surface area contributed by atoms with Gasteiger partial charge in [-0.3, -0.25) is 9.59 Å². The zero-order valence-corrected chi connectivity index (χ0v) is 14.5. The molecule has 1 amide bonds. The van der Waals surface area contributed by atoms with Crippen molar-refractivity contribution in [1.29, 1.82) is 0 Å². The smallest absolute Gasteiger partial charge is 0.387 e. The normalized spacial score (nSPS) is 10.5. The summed E-state index contributed by atoms with van der Waals surface area (Å²) in [6, 6.07) is 15.0. The number of carbonyl (C=O) groups is 2. The van der Waals surface area contributed by atoms with Crippen molar-refractivity contribution in [1.82, 2.24) is 5.32 Å². The van der Waals surface area contributed by atoms with Crippen LogP contribution in [0.2, 0.25) is 0 Å². The Morgan fingerprint density at radius 3 is 2.30 bits per heavy atom. The molecule has 0 bridgehead atoms. The highest BCUT2D eigenvalue weighted by Crippen LogP contribution is 2.15. The maximum Gasteiger partial charge on any atom is 0.387 e. The Kier molecular flexibility index (Phi) is 7.54. The molecule has 0 atom stereocenters. The Hall–Kier alpha value is -3.16. The maximum atomic E-state index is 12.1. The second kappa shape index (κ2) is 10.1. The number of anilines is 1. The van der Waals surface area contributed by atoms with Crippen LogP contribution >= 0.6 is 0 Å². The zero-order valence-electron chi connectivity index (χ0n) is 14.5. The fraction of sp³-hybridized carbons (Fsp3) is 0.263. The van der Waals surface area contributed by atoms with Gasteiger partial charge in [-0.2, -0.15) is 8.78 Å². The molecule has 2 aromatic carbocycles. The zero-order chi connectivity index (χ0) is 19.6. The molecule has 8 heteroatoms. The van der Waals surface area contributed by atoms with Gasteiger partial charge in [-0.05, 0) is 36.2 Å². The first-order valence-electron chi connectivity index (χ1n) is 8.26. The van der Waals surface area contributed by atoms with E-state index in [-0.39, 0.29) is 24.7 Å². The van der Waals surface area contributed by atoms with E-state index in [0.717, 1.165) is 5.56 Å². The molecule has 0 aliphatic rings. The van der Waals surface area contributed by atoms with Crippen molar-refractivity contribution in [2.75, 3.05) is 24.5 Å². The molecule has 0 aliphatic heterocycles. The molecule has 6 nitrogen and oxygen atoms in total. The van der Waals surface area contributed by atoms with Gasteiger partial charge in [-0.1, -0.05) is 30.3 Å². The van der Waals surface area contributed by atoms with Crippen molar-refractivity contribution >= 4 is 17.6 Å². The molecule has 0 fully saturated rings. The molecule has 0 saturated carbocycles. The minimum atomic E-state index is -2.87. The monoisotopic (exact) mass is 378 g/mol. The number of carboxylic acids is 1. The summed E-state index contributed by atoms with van der Waals surface area (Å²) in [6.07, 6.45) is 0.505. The molecule has 2 aromatic rings. The third-order valence-electron chi connectivity index (χ3n) is 3.67. The first-order chi connectivity index (χ1) is 12.9. The largest absolute Gasteiger partial charge is 0.480 e. The van der Waals surface area contributed by atoms with Crippen LogP contribution in [-0.4, -0.2) is 43.2 Å². The number of ether oxygens (including phenoxy) is 1. The Morgan fingerprint density at radius 2 is 1.70 bits per heavy atom. The van der Waals surface area contributed by atoms with Crippen LogP contribution in [0.5, 0.6) is 5.75 Å². The minimum absolute atomic E-state index is 0.0740. The Balaban J connectivity index is 1.82. The predicted molar refractivity (Wildman–Crippen MR) is 96.1 cm³/mol. The highest BCUT2D eigenvalue weighted by atomic mass is 19.3. The van der Waals surface area contributed by atoms with E-state index in [9.17, 15) is 18.4 Å². The van der Waals surface area contributed by atoms with Gasteiger partial charge in [0.15, 0.2) is 0 Å². The van der Waals surface area contributed by atoms with Crippen molar-refractivity contribution in [3.8, 4) is 5.75 Å². The van der Waals surface area contributed by atoms with Crippen LogP contribution in [0.3, 0.4) is 0 Å². The van der Waals surface area contributed by atoms with Crippen molar-refractivity contribution in [3.63, 3.8) is 0 Å². The van der Waals surface area contributed by atoms with E-state index in [1.165, 1.54) is 17.0 Å². The van der Waals surface area contributed by atoms with Crippen LogP contribution in [-0.2, 0) is 16.0 Å². The number of nitrogens with zero attached hydrogens (tertiary/aromatic N) is 1. The average molecular weight is 378 g/mol. The van der Waals surface area contributed by atoms with E-state index >= 15 is 0 Å². The van der Waals surface area contributed by atoms with Gasteiger partial charge < -0.3 is 20.1 Å². The molecule has 144 valence electrons. The number of aliphatic carboxylic acids is 1. The molecule has 2 N–H and O–H groups in total. The summed E-state index contributed by atoms with van der Waals surface area (Å²) in [5.74, 6) is -1.26. The van der Waals surface area contributed by atoms with Gasteiger partial charge in [0, 0.05) is 12.2 Å². The van der Waals surface area contributed by atoms with E-state index in [0.29, 0.717) is 18.7 Å². The van der Waals surface area contributed by atoms with Crippen molar-refractivity contribution in [2.45, 2.75) is 13.0 Å². The van der Waals surface area contributed by atoms with Gasteiger partial charge >= 0.3 is 12.6 Å². The van der Waals surface area contributed by atoms with Crippen LogP contribution in [0.1, 0.15) is 5.56 Å². The Bertz CT molecular complexity index is 739. The fourth-order valence-electron chi connectivity index (χ4n) is 2.45. The van der Waals surface area contributed by atoms with Gasteiger partial charge in [0.2, 0.25) is 5.91 Å². The molecular weight excluding hydrogens is 358 g/mol. The van der Waals surface area contributed by atoms with Gasteiger partial charge in [0.05, 0.1) is 6.54 Å². The Labute approximate surface area is 155 Å². The highest BCUT2D eigenvalue weighted by Gasteiger charge is 2.14. The molecule has 2 rings (SSSR count). The van der Waals surface area contributed by atoms with Gasteiger partial charge in [-0.15, -0.1) is 0 Å². The summed E-state index contributed by atoms with van der Waals surface area (Å²) in [5, 5.41) is 11.8. The molecule has 0 spiro atoms. The molecule has 0 aliphatic carbocycles. The third-order valence-corrected chi connectivity index (χ3v) is 3.67. The number of amides is 1. The lowest BCUT2D eigenvalue weighted by atomic mass is 10.1. The maximum absolute atomic E-state index is 12.1. The van der Waals surface area contributed by atoms with E-state index in [1.54, 1.807) is 42.5 Å². The number of para-hydroxylation sites is 1. The number of benzene rings is 2. The summed E-state index contributed by atoms with van der Waals surface area (Å²) in [6.45, 7) is -2.90. The van der Waals surface area contributed by atoms with Crippen LogP contribution in [0.25, 0.3) is 0 Å². The summed E-state index contributed by atoms with van der Waals surface area (Å²) < 4.78 is 28.5. The number of alkyl halides is 2. The number of hydrogen-bond donors (Lipinski definition) is 2. The van der Waals surface area contributed by atoms with E-state index < -0.39 is 12.6 Å². The van der Waals surface area contributed by atoms with E-state index in [4.69, 9.17) is 5.11 Å². The van der Waals surface area contributed by atoms with Crippen LogP contribution in [0.4, 0.5) is 14.5 Å². The number of carboxylic acid groups (broad SMARTS) is 1. The van der Waals surface area contributed by atoms with Gasteiger partial charge in [0.1, 0.15) is 12.3 Å². The van der Waals surface area contributed by atoms with Gasteiger partial charge in [0.25, 0.3) is 0 Å². The molecule has 0 unspecified atom stereocenters. The predicted octanol–water partition coefficient (Wildman–Crippen LogP) is 2.54. The van der Waals surface area contributed by atoms with Crippen LogP contribution in [0.15, 0.2) is 54.6 Å². The van der Waals surface area contributed by atoms with Gasteiger partial charge in [-0.25, -0.2) is 0 Å². The number of nitrogens with one attached hydrogen (secondary N) is 1. The standard InChI is InChI=1S/C19H20F2N2O4/c20-19(21)27-16-8-6-14(7-9-16)10-11-22-17(24)12-23(13-18(25)26)15-4-2-1-3-5-15/h1-9,19H,10-13H2,(H,22,24)(H,25,26). The SMILES string of the molecule is O=C(O)CN(CC(=O)NCCc1ccc(OC(F)F)cc1)c1ccccc1. The quantitative estimate of drug-likeness (QED) is 0.664. The van der Waals surface area contributed by atoms with E-state index in [2.05, 4.69) is 10.1 Å². The summed E-state index contributed by atoms with van der Waals surface area (Å²) >= 11 is 0. The highest BCUT2D eigenvalue weighted by molar-refractivity contribution is 5.84. The Morgan fingerprint density at radius 1 is 1.04 bits per heavy atom. The molecule has 0 saturated heterocycles. The third kappa shape index (κ3) is 7.31. The fourth-order valence-corrected chi connectivity index (χ4v) is 2.45.